The molecule has 0 saturated carbocycles. The quantitative estimate of drug-likeness (QED) is 0.644. The van der Waals surface area contributed by atoms with E-state index in [2.05, 4.69) is 33.2 Å². The van der Waals surface area contributed by atoms with Gasteiger partial charge in [-0.25, -0.2) is 0 Å². The lowest BCUT2D eigenvalue weighted by molar-refractivity contribution is -0.130. The number of carbonyl (C=O) groups is 2. The van der Waals surface area contributed by atoms with Crippen LogP contribution in [0.15, 0.2) is 18.2 Å². The summed E-state index contributed by atoms with van der Waals surface area (Å²) in [5.41, 5.74) is 0.185. The standard InChI is InChI=1S/C13H16IN3O3/c14-9-1-2-11(18)10(7-9)13(20)16-8-12(19)17-5-3-15-4-6-17/h1-2,7,15,18H,3-6,8H2,(H,16,20). The van der Waals surface area contributed by atoms with Crippen LogP contribution in [-0.2, 0) is 4.79 Å². The highest BCUT2D eigenvalue weighted by Gasteiger charge is 2.18. The Morgan fingerprint density at radius 2 is 2.05 bits per heavy atom. The maximum atomic E-state index is 11.9. The highest BCUT2D eigenvalue weighted by atomic mass is 127. The molecule has 0 aromatic heterocycles. The molecule has 1 aromatic rings. The van der Waals surface area contributed by atoms with E-state index in [0.29, 0.717) is 13.1 Å². The lowest BCUT2D eigenvalue weighted by Crippen LogP contribution is -2.49. The Morgan fingerprint density at radius 3 is 2.75 bits per heavy atom. The Kier molecular flexibility index (Phi) is 5.18. The van der Waals surface area contributed by atoms with E-state index in [1.165, 1.54) is 6.07 Å². The van der Waals surface area contributed by atoms with Crippen LogP contribution in [0.2, 0.25) is 0 Å². The summed E-state index contributed by atoms with van der Waals surface area (Å²) in [6, 6.07) is 4.76. The zero-order valence-corrected chi connectivity index (χ0v) is 13.0. The van der Waals surface area contributed by atoms with E-state index < -0.39 is 5.91 Å². The maximum absolute atomic E-state index is 11.9. The third-order valence-corrected chi connectivity index (χ3v) is 3.74. The van der Waals surface area contributed by atoms with Crippen LogP contribution in [0.3, 0.4) is 0 Å². The van der Waals surface area contributed by atoms with Gasteiger partial charge in [0.25, 0.3) is 5.91 Å². The second-order valence-electron chi connectivity index (χ2n) is 4.47. The molecule has 1 aliphatic heterocycles. The molecule has 0 unspecified atom stereocenters. The molecule has 1 aliphatic rings. The third kappa shape index (κ3) is 3.83. The molecular weight excluding hydrogens is 373 g/mol. The first-order chi connectivity index (χ1) is 9.58. The van der Waals surface area contributed by atoms with E-state index in [0.717, 1.165) is 16.7 Å². The number of carbonyl (C=O) groups excluding carboxylic acids is 2. The summed E-state index contributed by atoms with van der Waals surface area (Å²) in [5.74, 6) is -0.632. The number of hydrogen-bond acceptors (Lipinski definition) is 4. The van der Waals surface area contributed by atoms with E-state index in [-0.39, 0.29) is 23.8 Å². The number of piperazine rings is 1. The van der Waals surface area contributed by atoms with E-state index in [9.17, 15) is 14.7 Å². The van der Waals surface area contributed by atoms with Gasteiger partial charge in [-0.1, -0.05) is 0 Å². The number of rotatable bonds is 3. The molecule has 2 amide bonds. The number of phenolic OH excluding ortho intramolecular Hbond substituents is 1. The van der Waals surface area contributed by atoms with Gasteiger partial charge in [-0.3, -0.25) is 9.59 Å². The van der Waals surface area contributed by atoms with Gasteiger partial charge in [0, 0.05) is 29.7 Å². The molecule has 0 bridgehead atoms. The van der Waals surface area contributed by atoms with E-state index in [4.69, 9.17) is 0 Å². The lowest BCUT2D eigenvalue weighted by Gasteiger charge is -2.27. The molecule has 7 heteroatoms. The number of benzene rings is 1. The van der Waals surface area contributed by atoms with E-state index in [1.807, 2.05) is 0 Å². The maximum Gasteiger partial charge on any atom is 0.255 e. The van der Waals surface area contributed by atoms with Crippen molar-refractivity contribution in [3.63, 3.8) is 0 Å². The number of phenols is 1. The molecule has 20 heavy (non-hydrogen) atoms. The van der Waals surface area contributed by atoms with Crippen LogP contribution in [0.5, 0.6) is 5.75 Å². The van der Waals surface area contributed by atoms with Gasteiger partial charge >= 0.3 is 0 Å². The minimum atomic E-state index is -0.440. The van der Waals surface area contributed by atoms with Crippen LogP contribution in [0.1, 0.15) is 10.4 Å². The fourth-order valence-corrected chi connectivity index (χ4v) is 2.46. The largest absolute Gasteiger partial charge is 0.507 e. The molecule has 1 saturated heterocycles. The number of nitrogens with zero attached hydrogens (tertiary/aromatic N) is 1. The van der Waals surface area contributed by atoms with Crippen molar-refractivity contribution in [3.8, 4) is 5.75 Å². The Balaban J connectivity index is 1.91. The van der Waals surface area contributed by atoms with Gasteiger partial charge in [-0.2, -0.15) is 0 Å². The first-order valence-corrected chi connectivity index (χ1v) is 7.41. The topological polar surface area (TPSA) is 81.7 Å². The van der Waals surface area contributed by atoms with Crippen LogP contribution < -0.4 is 10.6 Å². The molecule has 6 nitrogen and oxygen atoms in total. The van der Waals surface area contributed by atoms with Crippen molar-refractivity contribution in [3.05, 3.63) is 27.3 Å². The van der Waals surface area contributed by atoms with Gasteiger partial charge in [0.1, 0.15) is 5.75 Å². The smallest absolute Gasteiger partial charge is 0.255 e. The van der Waals surface area contributed by atoms with Gasteiger partial charge in [-0.15, -0.1) is 0 Å². The molecule has 0 radical (unpaired) electrons. The molecule has 108 valence electrons. The molecule has 1 heterocycles. The molecule has 1 aromatic carbocycles. The second kappa shape index (κ2) is 6.89. The van der Waals surface area contributed by atoms with Crippen LogP contribution in [0.4, 0.5) is 0 Å². The summed E-state index contributed by atoms with van der Waals surface area (Å²) < 4.78 is 0.846. The van der Waals surface area contributed by atoms with Crippen LogP contribution in [0, 0.1) is 3.57 Å². The highest BCUT2D eigenvalue weighted by molar-refractivity contribution is 14.1. The zero-order valence-electron chi connectivity index (χ0n) is 10.9. The average Bonchev–Trinajstić information content (AvgIpc) is 2.47. The van der Waals surface area contributed by atoms with Crippen LogP contribution in [0.25, 0.3) is 0 Å². The Bertz CT molecular complexity index is 516. The summed E-state index contributed by atoms with van der Waals surface area (Å²) >= 11 is 2.06. The summed E-state index contributed by atoms with van der Waals surface area (Å²) in [4.78, 5) is 25.6. The first-order valence-electron chi connectivity index (χ1n) is 6.33. The summed E-state index contributed by atoms with van der Waals surface area (Å²) in [5, 5.41) is 15.4. The van der Waals surface area contributed by atoms with Crippen molar-refractivity contribution in [1.82, 2.24) is 15.5 Å². The normalized spacial score (nSPS) is 14.9. The van der Waals surface area contributed by atoms with Gasteiger partial charge in [0.2, 0.25) is 5.91 Å². The first kappa shape index (κ1) is 15.0. The van der Waals surface area contributed by atoms with Crippen molar-refractivity contribution in [2.24, 2.45) is 0 Å². The van der Waals surface area contributed by atoms with Crippen LogP contribution in [-0.4, -0.2) is 54.5 Å². The molecule has 0 atom stereocenters. The van der Waals surface area contributed by atoms with Gasteiger partial charge in [-0.05, 0) is 40.8 Å². The van der Waals surface area contributed by atoms with Gasteiger partial charge in [0.15, 0.2) is 0 Å². The van der Waals surface area contributed by atoms with Crippen molar-refractivity contribution >= 4 is 34.4 Å². The number of halogens is 1. The summed E-state index contributed by atoms with van der Waals surface area (Å²) in [7, 11) is 0. The second-order valence-corrected chi connectivity index (χ2v) is 5.72. The van der Waals surface area contributed by atoms with Crippen molar-refractivity contribution < 1.29 is 14.7 Å². The van der Waals surface area contributed by atoms with Crippen molar-refractivity contribution in [2.45, 2.75) is 0 Å². The highest BCUT2D eigenvalue weighted by Crippen LogP contribution is 2.19. The molecular formula is C13H16IN3O3. The van der Waals surface area contributed by atoms with Gasteiger partial charge in [0.05, 0.1) is 12.1 Å². The van der Waals surface area contributed by atoms with E-state index >= 15 is 0 Å². The third-order valence-electron chi connectivity index (χ3n) is 3.07. The number of nitrogens with one attached hydrogen (secondary N) is 2. The molecule has 0 spiro atoms. The Morgan fingerprint density at radius 1 is 1.35 bits per heavy atom. The summed E-state index contributed by atoms with van der Waals surface area (Å²) in [6.45, 7) is 2.81. The van der Waals surface area contributed by atoms with Gasteiger partial charge < -0.3 is 20.6 Å². The Labute approximate surface area is 130 Å². The summed E-state index contributed by atoms with van der Waals surface area (Å²) in [6.07, 6.45) is 0. The van der Waals surface area contributed by atoms with Crippen molar-refractivity contribution in [1.29, 1.82) is 0 Å². The predicted octanol–water partition coefficient (Wildman–Crippen LogP) is 0.158. The van der Waals surface area contributed by atoms with E-state index in [1.54, 1.807) is 17.0 Å². The lowest BCUT2D eigenvalue weighted by atomic mass is 10.2. The molecule has 2 rings (SSSR count). The Hall–Kier alpha value is -1.35. The average molecular weight is 389 g/mol. The number of aromatic hydroxyl groups is 1. The predicted molar refractivity (Wildman–Crippen MR) is 82.6 cm³/mol. The SMILES string of the molecule is O=C(NCC(=O)N1CCNCC1)c1cc(I)ccc1O. The monoisotopic (exact) mass is 389 g/mol. The molecule has 1 fully saturated rings. The zero-order chi connectivity index (χ0) is 14.5. The minimum Gasteiger partial charge on any atom is -0.507 e. The number of amides is 2. The molecule has 3 N–H and O–H groups in total. The van der Waals surface area contributed by atoms with Crippen LogP contribution >= 0.6 is 22.6 Å². The fourth-order valence-electron chi connectivity index (χ4n) is 1.97. The molecule has 0 aliphatic carbocycles. The van der Waals surface area contributed by atoms with Crippen molar-refractivity contribution in [2.75, 3.05) is 32.7 Å². The fraction of sp³-hybridized carbons (Fsp3) is 0.385. The number of hydrogen-bond donors (Lipinski definition) is 3. The minimum absolute atomic E-state index is 0.0518.